The maximum Gasteiger partial charge on any atom is 0.0272 e. The number of hydrogen-bond donors (Lipinski definition) is 1. The molecule has 1 nitrogen and oxygen atoms in total. The van der Waals surface area contributed by atoms with E-state index in [1.54, 1.807) is 0 Å². The summed E-state index contributed by atoms with van der Waals surface area (Å²) in [6.45, 7) is 4.78. The first-order valence-electron chi connectivity index (χ1n) is 4.06. The van der Waals surface area contributed by atoms with Gasteiger partial charge < -0.3 is 5.73 Å². The maximum absolute atomic E-state index is 5.38. The van der Waals surface area contributed by atoms with Gasteiger partial charge in [-0.1, -0.05) is 17.6 Å². The Bertz CT molecular complexity index is 169. The van der Waals surface area contributed by atoms with Crippen LogP contribution in [-0.2, 0) is 0 Å². The van der Waals surface area contributed by atoms with Gasteiger partial charge in [0.1, 0.15) is 0 Å². The minimum atomic E-state index is 0.782. The Morgan fingerprint density at radius 1 is 1.55 bits per heavy atom. The van der Waals surface area contributed by atoms with Crippen molar-refractivity contribution in [2.45, 2.75) is 33.1 Å². The monoisotopic (exact) mass is 151 g/mol. The van der Waals surface area contributed by atoms with Gasteiger partial charge >= 0.3 is 0 Å². The molecule has 0 atom stereocenters. The van der Waals surface area contributed by atoms with Gasteiger partial charge in [-0.25, -0.2) is 0 Å². The van der Waals surface area contributed by atoms with Crippen molar-refractivity contribution in [2.24, 2.45) is 5.73 Å². The van der Waals surface area contributed by atoms with Crippen LogP contribution in [0.3, 0.4) is 0 Å². The number of allylic oxidation sites excluding steroid dienone is 2. The van der Waals surface area contributed by atoms with E-state index in [2.05, 4.69) is 24.8 Å². The van der Waals surface area contributed by atoms with E-state index in [9.17, 15) is 0 Å². The summed E-state index contributed by atoms with van der Waals surface area (Å²) in [5.74, 6) is 5.86. The molecule has 0 aromatic heterocycles. The highest BCUT2D eigenvalue weighted by atomic mass is 14.5. The second kappa shape index (κ2) is 7.37. The van der Waals surface area contributed by atoms with Crippen molar-refractivity contribution in [1.29, 1.82) is 0 Å². The van der Waals surface area contributed by atoms with Gasteiger partial charge in [-0.3, -0.25) is 0 Å². The molecule has 0 aromatic carbocycles. The van der Waals surface area contributed by atoms with Crippen molar-refractivity contribution in [1.82, 2.24) is 0 Å². The second-order valence-corrected chi connectivity index (χ2v) is 2.57. The quantitative estimate of drug-likeness (QED) is 0.483. The third-order valence-electron chi connectivity index (χ3n) is 1.50. The fourth-order valence-corrected chi connectivity index (χ4v) is 0.810. The molecule has 0 bridgehead atoms. The smallest absolute Gasteiger partial charge is 0.0272 e. The Morgan fingerprint density at radius 3 is 2.82 bits per heavy atom. The van der Waals surface area contributed by atoms with Gasteiger partial charge in [0.05, 0.1) is 0 Å². The molecular formula is C10H17N. The first-order valence-corrected chi connectivity index (χ1v) is 4.06. The Hall–Kier alpha value is -0.740. The first kappa shape index (κ1) is 10.3. The van der Waals surface area contributed by atoms with Gasteiger partial charge in [-0.2, -0.15) is 0 Å². The van der Waals surface area contributed by atoms with Crippen LogP contribution in [0.4, 0.5) is 0 Å². The Kier molecular flexibility index (Phi) is 6.87. The second-order valence-electron chi connectivity index (χ2n) is 2.57. The van der Waals surface area contributed by atoms with Crippen molar-refractivity contribution < 1.29 is 0 Å². The van der Waals surface area contributed by atoms with E-state index in [0.29, 0.717) is 0 Å². The van der Waals surface area contributed by atoms with Gasteiger partial charge in [0.25, 0.3) is 0 Å². The highest BCUT2D eigenvalue weighted by molar-refractivity contribution is 5.07. The van der Waals surface area contributed by atoms with Crippen LogP contribution in [0.25, 0.3) is 0 Å². The van der Waals surface area contributed by atoms with Crippen LogP contribution >= 0.6 is 0 Å². The molecule has 0 aliphatic heterocycles. The van der Waals surface area contributed by atoms with E-state index < -0.39 is 0 Å². The molecule has 0 rings (SSSR count). The molecule has 0 aromatic rings. The van der Waals surface area contributed by atoms with Crippen LogP contribution in [0, 0.1) is 11.8 Å². The van der Waals surface area contributed by atoms with E-state index in [1.807, 2.05) is 6.92 Å². The van der Waals surface area contributed by atoms with Gasteiger partial charge in [-0.15, -0.1) is 5.92 Å². The van der Waals surface area contributed by atoms with E-state index in [4.69, 9.17) is 5.73 Å². The summed E-state index contributed by atoms with van der Waals surface area (Å²) >= 11 is 0. The average molecular weight is 151 g/mol. The zero-order valence-electron chi connectivity index (χ0n) is 7.48. The SMILES string of the molecule is CC#CC/C=C(/C)CCCN. The van der Waals surface area contributed by atoms with Crippen LogP contribution in [0.1, 0.15) is 33.1 Å². The molecule has 11 heavy (non-hydrogen) atoms. The van der Waals surface area contributed by atoms with Crippen molar-refractivity contribution >= 4 is 0 Å². The third-order valence-corrected chi connectivity index (χ3v) is 1.50. The van der Waals surface area contributed by atoms with E-state index >= 15 is 0 Å². The lowest BCUT2D eigenvalue weighted by molar-refractivity contribution is 0.821. The maximum atomic E-state index is 5.38. The number of rotatable bonds is 4. The van der Waals surface area contributed by atoms with E-state index in [-0.39, 0.29) is 0 Å². The Morgan fingerprint density at radius 2 is 2.27 bits per heavy atom. The van der Waals surface area contributed by atoms with E-state index in [0.717, 1.165) is 25.8 Å². The summed E-state index contributed by atoms with van der Waals surface area (Å²) in [5, 5.41) is 0. The fraction of sp³-hybridized carbons (Fsp3) is 0.600. The molecule has 62 valence electrons. The molecule has 1 heteroatoms. The molecule has 0 amide bonds. The Balaban J connectivity index is 3.51. The summed E-state index contributed by atoms with van der Waals surface area (Å²) in [6.07, 6.45) is 5.25. The lowest BCUT2D eigenvalue weighted by Gasteiger charge is -1.96. The lowest BCUT2D eigenvalue weighted by atomic mass is 10.1. The molecule has 0 fully saturated rings. The summed E-state index contributed by atoms with van der Waals surface area (Å²) in [7, 11) is 0. The minimum absolute atomic E-state index is 0.782. The fourth-order valence-electron chi connectivity index (χ4n) is 0.810. The lowest BCUT2D eigenvalue weighted by Crippen LogP contribution is -1.97. The zero-order chi connectivity index (χ0) is 8.53. The molecule has 2 N–H and O–H groups in total. The van der Waals surface area contributed by atoms with Crippen LogP contribution in [-0.4, -0.2) is 6.54 Å². The van der Waals surface area contributed by atoms with Crippen LogP contribution in [0.2, 0.25) is 0 Å². The normalized spacial score (nSPS) is 10.6. The predicted octanol–water partition coefficient (Wildman–Crippen LogP) is 2.08. The molecule has 0 saturated carbocycles. The molecule has 0 aliphatic rings. The van der Waals surface area contributed by atoms with Gasteiger partial charge in [0.15, 0.2) is 0 Å². The topological polar surface area (TPSA) is 26.0 Å². The summed E-state index contributed by atoms with van der Waals surface area (Å²) in [6, 6.07) is 0. The van der Waals surface area contributed by atoms with Crippen LogP contribution in [0.5, 0.6) is 0 Å². The minimum Gasteiger partial charge on any atom is -0.330 e. The standard InChI is InChI=1S/C10H17N/c1-3-4-5-7-10(2)8-6-9-11/h7H,5-6,8-9,11H2,1-2H3/b10-7-. The first-order chi connectivity index (χ1) is 5.31. The third kappa shape index (κ3) is 7.15. The van der Waals surface area contributed by atoms with Gasteiger partial charge in [-0.05, 0) is 33.2 Å². The largest absolute Gasteiger partial charge is 0.330 e. The van der Waals surface area contributed by atoms with Crippen molar-refractivity contribution in [3.8, 4) is 11.8 Å². The van der Waals surface area contributed by atoms with E-state index in [1.165, 1.54) is 5.57 Å². The molecule has 0 aliphatic carbocycles. The highest BCUT2D eigenvalue weighted by Crippen LogP contribution is 2.03. The van der Waals surface area contributed by atoms with Gasteiger partial charge in [0, 0.05) is 6.42 Å². The molecule has 0 spiro atoms. The van der Waals surface area contributed by atoms with Gasteiger partial charge in [0.2, 0.25) is 0 Å². The van der Waals surface area contributed by atoms with Crippen molar-refractivity contribution in [3.63, 3.8) is 0 Å². The Labute approximate surface area is 69.7 Å². The van der Waals surface area contributed by atoms with Crippen molar-refractivity contribution in [2.75, 3.05) is 6.54 Å². The van der Waals surface area contributed by atoms with Crippen LogP contribution in [0.15, 0.2) is 11.6 Å². The zero-order valence-corrected chi connectivity index (χ0v) is 7.48. The molecule has 0 radical (unpaired) electrons. The average Bonchev–Trinajstić information content (AvgIpc) is 2.01. The summed E-state index contributed by atoms with van der Waals surface area (Å²) < 4.78 is 0. The highest BCUT2D eigenvalue weighted by Gasteiger charge is 1.86. The summed E-state index contributed by atoms with van der Waals surface area (Å²) in [5.41, 5.74) is 6.78. The van der Waals surface area contributed by atoms with Crippen molar-refractivity contribution in [3.05, 3.63) is 11.6 Å². The molecule has 0 unspecified atom stereocenters. The molecule has 0 heterocycles. The predicted molar refractivity (Wildman–Crippen MR) is 50.1 cm³/mol. The summed E-state index contributed by atoms with van der Waals surface area (Å²) in [4.78, 5) is 0. The van der Waals surface area contributed by atoms with Crippen LogP contribution < -0.4 is 5.73 Å². The molecular weight excluding hydrogens is 134 g/mol. The number of nitrogens with two attached hydrogens (primary N) is 1. The number of hydrogen-bond acceptors (Lipinski definition) is 1. The molecule has 0 saturated heterocycles.